The molecule has 0 atom stereocenters. The molecule has 0 saturated carbocycles. The highest BCUT2D eigenvalue weighted by Gasteiger charge is 2.35. The van der Waals surface area contributed by atoms with Gasteiger partial charge in [0.1, 0.15) is 17.2 Å². The molecule has 0 aromatic heterocycles. The first kappa shape index (κ1) is 24.7. The number of urea groups is 1. The van der Waals surface area contributed by atoms with Crippen LogP contribution in [0.25, 0.3) is 11.1 Å². The van der Waals surface area contributed by atoms with Gasteiger partial charge in [0.2, 0.25) is 0 Å². The van der Waals surface area contributed by atoms with E-state index in [9.17, 15) is 44.7 Å². The zero-order chi connectivity index (χ0) is 25.3. The number of carbonyl (C=O) groups is 2. The van der Waals surface area contributed by atoms with E-state index in [0.717, 1.165) is 42.5 Å². The summed E-state index contributed by atoms with van der Waals surface area (Å²) in [6, 6.07) is 6.61. The number of alkyl halides is 6. The van der Waals surface area contributed by atoms with E-state index in [2.05, 4.69) is 0 Å². The Balaban J connectivity index is 1.89. The Morgan fingerprint density at radius 3 is 1.94 bits per heavy atom. The van der Waals surface area contributed by atoms with Crippen molar-refractivity contribution in [2.24, 2.45) is 0 Å². The fourth-order valence-electron chi connectivity index (χ4n) is 3.01. The maximum atomic E-state index is 13.6. The van der Waals surface area contributed by atoms with Crippen molar-refractivity contribution in [1.82, 2.24) is 5.32 Å². The van der Waals surface area contributed by atoms with Crippen molar-refractivity contribution < 1.29 is 44.7 Å². The highest BCUT2D eigenvalue weighted by atomic mass is 19.4. The molecule has 0 fully saturated rings. The van der Waals surface area contributed by atoms with E-state index in [1.165, 1.54) is 0 Å². The fourth-order valence-corrected chi connectivity index (χ4v) is 3.01. The van der Waals surface area contributed by atoms with Crippen LogP contribution in [0.2, 0.25) is 0 Å². The van der Waals surface area contributed by atoms with Gasteiger partial charge >= 0.3 is 18.4 Å². The van der Waals surface area contributed by atoms with Crippen LogP contribution in [0.15, 0.2) is 60.7 Å². The molecule has 0 radical (unpaired) electrons. The molecule has 0 aliphatic heterocycles. The first-order chi connectivity index (χ1) is 15.8. The summed E-state index contributed by atoms with van der Waals surface area (Å²) in [6.45, 7) is 0. The van der Waals surface area contributed by atoms with E-state index in [1.807, 2.05) is 5.32 Å². The van der Waals surface area contributed by atoms with Crippen molar-refractivity contribution in [3.8, 4) is 11.1 Å². The lowest BCUT2D eigenvalue weighted by molar-refractivity contribution is -0.137. The Morgan fingerprint density at radius 2 is 1.35 bits per heavy atom. The zero-order valence-electron chi connectivity index (χ0n) is 16.6. The summed E-state index contributed by atoms with van der Waals surface area (Å²) in [6.07, 6.45) is -9.80. The van der Waals surface area contributed by atoms with Crippen molar-refractivity contribution in [1.29, 1.82) is 0 Å². The quantitative estimate of drug-likeness (QED) is 0.407. The average molecular weight is 488 g/mol. The standard InChI is InChI=1S/C22H12F8N2O2/c23-16-5-2-6-17(24)18(16)19(33)32-20(34)31-13-7-8-14(15(10-13)22(28,29)30)11-3-1-4-12(9-11)21(25,26)27/h1-10H,(H2,31,32,33,34). The predicted octanol–water partition coefficient (Wildman–Crippen LogP) is 6.63. The van der Waals surface area contributed by atoms with Gasteiger partial charge in [-0.3, -0.25) is 10.1 Å². The largest absolute Gasteiger partial charge is 0.417 e. The average Bonchev–Trinajstić information content (AvgIpc) is 2.72. The highest BCUT2D eigenvalue weighted by Crippen LogP contribution is 2.40. The Kier molecular flexibility index (Phi) is 6.62. The third-order valence-corrected chi connectivity index (χ3v) is 4.50. The predicted molar refractivity (Wildman–Crippen MR) is 105 cm³/mol. The van der Waals surface area contributed by atoms with Crippen LogP contribution in [0.1, 0.15) is 21.5 Å². The molecule has 12 heteroatoms. The van der Waals surface area contributed by atoms with Gasteiger partial charge in [-0.25, -0.2) is 13.6 Å². The van der Waals surface area contributed by atoms with Gasteiger partial charge in [-0.2, -0.15) is 26.3 Å². The third kappa shape index (κ3) is 5.50. The van der Waals surface area contributed by atoms with Crippen LogP contribution in [0, 0.1) is 11.6 Å². The van der Waals surface area contributed by atoms with Gasteiger partial charge in [-0.05, 0) is 47.5 Å². The molecular weight excluding hydrogens is 476 g/mol. The van der Waals surface area contributed by atoms with Crippen molar-refractivity contribution in [3.05, 3.63) is 89.0 Å². The van der Waals surface area contributed by atoms with Crippen molar-refractivity contribution in [3.63, 3.8) is 0 Å². The van der Waals surface area contributed by atoms with Crippen molar-refractivity contribution in [2.75, 3.05) is 5.32 Å². The summed E-state index contributed by atoms with van der Waals surface area (Å²) in [4.78, 5) is 23.9. The van der Waals surface area contributed by atoms with Gasteiger partial charge in [-0.1, -0.05) is 24.3 Å². The van der Waals surface area contributed by atoms with Crippen LogP contribution in [-0.2, 0) is 12.4 Å². The first-order valence-electron chi connectivity index (χ1n) is 9.22. The Morgan fingerprint density at radius 1 is 0.735 bits per heavy atom. The third-order valence-electron chi connectivity index (χ3n) is 4.50. The van der Waals surface area contributed by atoms with Gasteiger partial charge in [0.15, 0.2) is 0 Å². The Bertz CT molecular complexity index is 1230. The van der Waals surface area contributed by atoms with Crippen LogP contribution in [0.5, 0.6) is 0 Å². The smallest absolute Gasteiger partial charge is 0.308 e. The van der Waals surface area contributed by atoms with Gasteiger partial charge < -0.3 is 5.32 Å². The summed E-state index contributed by atoms with van der Waals surface area (Å²) in [5, 5.41) is 3.49. The lowest BCUT2D eigenvalue weighted by Crippen LogP contribution is -2.35. The molecule has 0 spiro atoms. The molecule has 3 rings (SSSR count). The maximum Gasteiger partial charge on any atom is 0.417 e. The Hall–Kier alpha value is -3.96. The van der Waals surface area contributed by atoms with Crippen LogP contribution in [-0.4, -0.2) is 11.9 Å². The number of nitrogens with one attached hydrogen (secondary N) is 2. The molecule has 3 aromatic carbocycles. The number of benzene rings is 3. The molecule has 0 unspecified atom stereocenters. The SMILES string of the molecule is O=C(NC(=O)c1c(F)cccc1F)Nc1ccc(-c2cccc(C(F)(F)F)c2)c(C(F)(F)F)c1. The molecule has 4 nitrogen and oxygen atoms in total. The van der Waals surface area contributed by atoms with Gasteiger partial charge in [0.25, 0.3) is 5.91 Å². The minimum Gasteiger partial charge on any atom is -0.308 e. The summed E-state index contributed by atoms with van der Waals surface area (Å²) < 4.78 is 107. The van der Waals surface area contributed by atoms with Crippen LogP contribution >= 0.6 is 0 Å². The molecule has 0 bridgehead atoms. The van der Waals surface area contributed by atoms with E-state index in [0.29, 0.717) is 18.2 Å². The van der Waals surface area contributed by atoms with E-state index in [4.69, 9.17) is 0 Å². The number of halogens is 8. The molecule has 2 N–H and O–H groups in total. The molecule has 0 aliphatic rings. The first-order valence-corrected chi connectivity index (χ1v) is 9.22. The van der Waals surface area contributed by atoms with Gasteiger partial charge in [0.05, 0.1) is 11.1 Å². The molecular formula is C22H12F8N2O2. The number of amides is 3. The topological polar surface area (TPSA) is 58.2 Å². The second-order valence-corrected chi connectivity index (χ2v) is 6.84. The molecule has 0 heterocycles. The number of carbonyl (C=O) groups excluding carboxylic acids is 2. The summed E-state index contributed by atoms with van der Waals surface area (Å²) in [5.74, 6) is -4.02. The van der Waals surface area contributed by atoms with Crippen LogP contribution in [0.3, 0.4) is 0 Å². The number of imide groups is 1. The van der Waals surface area contributed by atoms with E-state index >= 15 is 0 Å². The minimum atomic E-state index is -5.02. The minimum absolute atomic E-state index is 0.372. The normalized spacial score (nSPS) is 11.8. The van der Waals surface area contributed by atoms with Crippen LogP contribution in [0.4, 0.5) is 45.6 Å². The molecule has 34 heavy (non-hydrogen) atoms. The molecule has 3 aromatic rings. The fraction of sp³-hybridized carbons (Fsp3) is 0.0909. The number of hydrogen-bond donors (Lipinski definition) is 2. The second kappa shape index (κ2) is 9.12. The van der Waals surface area contributed by atoms with Crippen LogP contribution < -0.4 is 10.6 Å². The monoisotopic (exact) mass is 488 g/mol. The van der Waals surface area contributed by atoms with Gasteiger partial charge in [-0.15, -0.1) is 0 Å². The molecule has 178 valence electrons. The molecule has 0 aliphatic carbocycles. The second-order valence-electron chi connectivity index (χ2n) is 6.84. The number of hydrogen-bond acceptors (Lipinski definition) is 2. The van der Waals surface area contributed by atoms with E-state index in [-0.39, 0.29) is 5.56 Å². The van der Waals surface area contributed by atoms with E-state index in [1.54, 1.807) is 5.32 Å². The van der Waals surface area contributed by atoms with E-state index < -0.39 is 63.9 Å². The number of rotatable bonds is 3. The summed E-state index contributed by atoms with van der Waals surface area (Å²) in [7, 11) is 0. The number of anilines is 1. The Labute approximate surface area is 186 Å². The maximum absolute atomic E-state index is 13.6. The molecule has 3 amide bonds. The summed E-state index contributed by atoms with van der Waals surface area (Å²) in [5.41, 5.74) is -5.04. The lowest BCUT2D eigenvalue weighted by atomic mass is 9.97. The highest BCUT2D eigenvalue weighted by molar-refractivity contribution is 6.08. The lowest BCUT2D eigenvalue weighted by Gasteiger charge is -2.16. The van der Waals surface area contributed by atoms with Crippen molar-refractivity contribution >= 4 is 17.6 Å². The zero-order valence-corrected chi connectivity index (χ0v) is 16.6. The van der Waals surface area contributed by atoms with Crippen molar-refractivity contribution in [2.45, 2.75) is 12.4 Å². The molecule has 0 saturated heterocycles. The van der Waals surface area contributed by atoms with Gasteiger partial charge in [0, 0.05) is 5.69 Å². The summed E-state index contributed by atoms with van der Waals surface area (Å²) >= 11 is 0.